The molecule has 2 unspecified atom stereocenters. The molecule has 5 heteroatoms. The van der Waals surface area contributed by atoms with Crippen LogP contribution in [0.15, 0.2) is 60.7 Å². The highest BCUT2D eigenvalue weighted by molar-refractivity contribution is 7.99. The summed E-state index contributed by atoms with van der Waals surface area (Å²) in [7, 11) is -2.52. The van der Waals surface area contributed by atoms with Crippen molar-refractivity contribution in [3.63, 3.8) is 0 Å². The topological polar surface area (TPSA) is 41.5 Å². The second kappa shape index (κ2) is 9.89. The van der Waals surface area contributed by atoms with Gasteiger partial charge in [-0.05, 0) is 52.4 Å². The van der Waals surface area contributed by atoms with Crippen LogP contribution in [0.25, 0.3) is 0 Å². The van der Waals surface area contributed by atoms with E-state index in [1.54, 1.807) is 0 Å². The molecule has 2 aliphatic carbocycles. The Kier molecular flexibility index (Phi) is 7.28. The molecule has 0 aromatic heterocycles. The molecule has 1 aliphatic heterocycles. The highest BCUT2D eigenvalue weighted by Gasteiger charge is 2.63. The van der Waals surface area contributed by atoms with Gasteiger partial charge in [0.05, 0.1) is 12.2 Å². The lowest BCUT2D eigenvalue weighted by Crippen LogP contribution is -2.67. The molecule has 5 rings (SSSR count). The third-order valence-corrected chi connectivity index (χ3v) is 16.5. The lowest BCUT2D eigenvalue weighted by atomic mass is 9.70. The summed E-state index contributed by atoms with van der Waals surface area (Å²) in [6.45, 7) is 12.8. The number of thioether (sulfide) groups is 1. The molecule has 2 aromatic carbocycles. The zero-order valence-electron chi connectivity index (χ0n) is 22.8. The van der Waals surface area contributed by atoms with Gasteiger partial charge in [0.1, 0.15) is 0 Å². The minimum absolute atomic E-state index is 0.00487. The molecule has 3 nitrogen and oxygen atoms in total. The summed E-state index contributed by atoms with van der Waals surface area (Å²) < 4.78 is 7.37. The molecule has 0 amide bonds. The van der Waals surface area contributed by atoms with Crippen LogP contribution < -0.4 is 15.7 Å². The van der Waals surface area contributed by atoms with E-state index in [1.165, 1.54) is 23.2 Å². The molecule has 2 bridgehead atoms. The van der Waals surface area contributed by atoms with Crippen LogP contribution >= 0.6 is 11.8 Å². The molecule has 3 aliphatic rings. The molecule has 36 heavy (non-hydrogen) atoms. The smallest absolute Gasteiger partial charge is 0.261 e. The van der Waals surface area contributed by atoms with E-state index in [-0.39, 0.29) is 28.1 Å². The number of hydrogen-bond acceptors (Lipinski definition) is 4. The Bertz CT molecular complexity index is 984. The minimum Gasteiger partial charge on any atom is -0.403 e. The minimum atomic E-state index is -2.52. The predicted octanol–water partition coefficient (Wildman–Crippen LogP) is 5.21. The van der Waals surface area contributed by atoms with Gasteiger partial charge in [0.15, 0.2) is 0 Å². The second-order valence-electron chi connectivity index (χ2n) is 13.1. The van der Waals surface area contributed by atoms with Crippen molar-refractivity contribution in [1.29, 1.82) is 0 Å². The van der Waals surface area contributed by atoms with E-state index in [2.05, 4.69) is 112 Å². The Morgan fingerprint density at radius 1 is 1.00 bits per heavy atom. The van der Waals surface area contributed by atoms with Gasteiger partial charge in [-0.3, -0.25) is 0 Å². The van der Waals surface area contributed by atoms with Gasteiger partial charge >= 0.3 is 0 Å². The van der Waals surface area contributed by atoms with Gasteiger partial charge in [0, 0.05) is 29.5 Å². The zero-order chi connectivity index (χ0) is 25.6. The van der Waals surface area contributed by atoms with Gasteiger partial charge in [-0.1, -0.05) is 95.3 Å². The van der Waals surface area contributed by atoms with Crippen molar-refractivity contribution in [3.05, 3.63) is 60.7 Å². The first-order valence-electron chi connectivity index (χ1n) is 13.9. The van der Waals surface area contributed by atoms with E-state index in [1.807, 2.05) is 0 Å². The fourth-order valence-corrected chi connectivity index (χ4v) is 14.1. The average Bonchev–Trinajstić information content (AvgIpc) is 3.45. The molecule has 196 valence electrons. The summed E-state index contributed by atoms with van der Waals surface area (Å²) in [5, 5.41) is 17.4. The van der Waals surface area contributed by atoms with Crippen LogP contribution in [-0.2, 0) is 4.43 Å². The first-order chi connectivity index (χ1) is 17.1. The maximum Gasteiger partial charge on any atom is 0.261 e. The number of nitrogens with one attached hydrogen (secondary N) is 1. The number of aliphatic hydroxyl groups is 1. The Morgan fingerprint density at radius 2 is 1.61 bits per heavy atom. The molecule has 1 heterocycles. The molecule has 1 saturated heterocycles. The van der Waals surface area contributed by atoms with Crippen LogP contribution in [-0.4, -0.2) is 49.7 Å². The summed E-state index contributed by atoms with van der Waals surface area (Å²) in [5.41, 5.74) is 0.364. The van der Waals surface area contributed by atoms with Crippen LogP contribution in [0, 0.1) is 16.7 Å². The molecule has 3 fully saturated rings. The largest absolute Gasteiger partial charge is 0.403 e. The first-order valence-corrected chi connectivity index (χ1v) is 16.9. The Labute approximate surface area is 223 Å². The fraction of sp³-hybridized carbons (Fsp3) is 0.613. The van der Waals surface area contributed by atoms with Crippen molar-refractivity contribution in [2.24, 2.45) is 16.7 Å². The number of fused-ring (bicyclic) bond motifs is 2. The van der Waals surface area contributed by atoms with Crippen LogP contribution in [0.5, 0.6) is 0 Å². The van der Waals surface area contributed by atoms with Crippen LogP contribution in [0.2, 0.25) is 5.04 Å². The lowest BCUT2D eigenvalue weighted by Gasteiger charge is -2.44. The van der Waals surface area contributed by atoms with Crippen molar-refractivity contribution in [3.8, 4) is 0 Å². The van der Waals surface area contributed by atoms with Crippen molar-refractivity contribution in [2.75, 3.05) is 18.1 Å². The Hall–Kier alpha value is -1.11. The maximum atomic E-state index is 10.9. The van der Waals surface area contributed by atoms with Gasteiger partial charge in [-0.15, -0.1) is 0 Å². The van der Waals surface area contributed by atoms with Gasteiger partial charge < -0.3 is 14.8 Å². The normalized spacial score (nSPS) is 31.7. The molecule has 2 N–H and O–H groups in total. The van der Waals surface area contributed by atoms with Crippen LogP contribution in [0.1, 0.15) is 60.3 Å². The predicted molar refractivity (Wildman–Crippen MR) is 156 cm³/mol. The third kappa shape index (κ3) is 4.33. The van der Waals surface area contributed by atoms with Crippen molar-refractivity contribution < 1.29 is 9.53 Å². The first kappa shape index (κ1) is 26.5. The molecular weight excluding hydrogens is 478 g/mol. The van der Waals surface area contributed by atoms with Crippen molar-refractivity contribution >= 4 is 30.5 Å². The number of aliphatic hydroxyl groups excluding tert-OH is 1. The van der Waals surface area contributed by atoms with E-state index in [0.717, 1.165) is 30.9 Å². The van der Waals surface area contributed by atoms with E-state index < -0.39 is 8.32 Å². The monoisotopic (exact) mass is 523 g/mol. The quantitative estimate of drug-likeness (QED) is 0.466. The number of benzene rings is 2. The molecule has 2 saturated carbocycles. The third-order valence-electron chi connectivity index (χ3n) is 10.0. The summed E-state index contributed by atoms with van der Waals surface area (Å²) in [6, 6.07) is 22.4. The highest BCUT2D eigenvalue weighted by Crippen LogP contribution is 2.66. The SMILES string of the molecule is CC1(C)C2CCC1(CSC[C@@H]1C[C@@H](O[Si](c3ccccc3)(c3ccccc3)C(C)(C)C)CN1)[C@H](O)C2. The Balaban J connectivity index is 1.29. The molecule has 0 spiro atoms. The fourth-order valence-electron chi connectivity index (χ4n) is 7.70. The number of hydrogen-bond donors (Lipinski definition) is 2. The second-order valence-corrected chi connectivity index (χ2v) is 18.4. The van der Waals surface area contributed by atoms with E-state index in [0.29, 0.717) is 12.0 Å². The molecule has 0 radical (unpaired) electrons. The van der Waals surface area contributed by atoms with E-state index in [4.69, 9.17) is 4.43 Å². The molecule has 2 aromatic rings. The summed E-state index contributed by atoms with van der Waals surface area (Å²) in [4.78, 5) is 0. The van der Waals surface area contributed by atoms with Gasteiger partial charge in [-0.25, -0.2) is 0 Å². The molecule has 5 atom stereocenters. The summed E-state index contributed by atoms with van der Waals surface area (Å²) in [5.74, 6) is 2.87. The number of rotatable bonds is 8. The van der Waals surface area contributed by atoms with Crippen LogP contribution in [0.4, 0.5) is 0 Å². The summed E-state index contributed by atoms with van der Waals surface area (Å²) >= 11 is 2.06. The van der Waals surface area contributed by atoms with Crippen molar-refractivity contribution in [2.45, 2.75) is 83.6 Å². The standard InChI is InChI=1S/C31H45NO2SSi/c1-29(2,3)36(26-12-8-6-9-13-26,27-14-10-7-11-15-27)34-25-19-24(32-20-25)21-35-22-31-17-16-23(18-28(31)33)30(31,4)5/h6-15,23-25,28,32-33H,16-22H2,1-5H3/t23?,24-,25+,28+,31?/m0/s1. The van der Waals surface area contributed by atoms with Crippen molar-refractivity contribution in [1.82, 2.24) is 5.32 Å². The van der Waals surface area contributed by atoms with E-state index in [9.17, 15) is 5.11 Å². The molecular formula is C31H45NO2SSi. The van der Waals surface area contributed by atoms with Crippen LogP contribution in [0.3, 0.4) is 0 Å². The lowest BCUT2D eigenvalue weighted by molar-refractivity contribution is 0.0168. The maximum absolute atomic E-state index is 10.9. The van der Waals surface area contributed by atoms with Gasteiger partial charge in [0.25, 0.3) is 8.32 Å². The van der Waals surface area contributed by atoms with Gasteiger partial charge in [0.2, 0.25) is 0 Å². The average molecular weight is 524 g/mol. The summed E-state index contributed by atoms with van der Waals surface area (Å²) in [6.07, 6.45) is 4.63. The Morgan fingerprint density at radius 3 is 2.11 bits per heavy atom. The van der Waals surface area contributed by atoms with Gasteiger partial charge in [-0.2, -0.15) is 11.8 Å². The zero-order valence-corrected chi connectivity index (χ0v) is 24.6. The highest BCUT2D eigenvalue weighted by atomic mass is 32.2. The van der Waals surface area contributed by atoms with E-state index >= 15 is 0 Å².